The number of carbonyl (C=O) groups excluding carboxylic acids is 1. The van der Waals surface area contributed by atoms with Crippen LogP contribution in [-0.4, -0.2) is 36.0 Å². The van der Waals surface area contributed by atoms with Crippen LogP contribution >= 0.6 is 0 Å². The lowest BCUT2D eigenvalue weighted by atomic mass is 10.2. The molecule has 0 aromatic carbocycles. The first-order chi connectivity index (χ1) is 11.4. The van der Waals surface area contributed by atoms with E-state index in [2.05, 4.69) is 9.72 Å². The highest BCUT2D eigenvalue weighted by molar-refractivity contribution is 5.74. The fourth-order valence-electron chi connectivity index (χ4n) is 1.59. The van der Waals surface area contributed by atoms with Crippen molar-refractivity contribution in [1.82, 2.24) is 15.6 Å². The number of nitrogens with one attached hydrogen (secondary N) is 2. The maximum absolute atomic E-state index is 12.5. The predicted octanol–water partition coefficient (Wildman–Crippen LogP) is 3.86. The molecule has 0 bridgehead atoms. The fourth-order valence-corrected chi connectivity index (χ4v) is 1.59. The zero-order valence-electron chi connectivity index (χ0n) is 12.1. The Bertz CT molecular complexity index is 586. The third-order valence-corrected chi connectivity index (χ3v) is 2.60. The average molecular weight is 385 g/mol. The van der Waals surface area contributed by atoms with Crippen LogP contribution in [0.4, 0.5) is 39.9 Å². The van der Waals surface area contributed by atoms with Gasteiger partial charge in [0.05, 0.1) is 6.42 Å². The third kappa shape index (κ3) is 8.35. The van der Waals surface area contributed by atoms with Gasteiger partial charge in [-0.2, -0.15) is 35.1 Å². The molecular weight excluding hydrogens is 370 g/mol. The van der Waals surface area contributed by atoms with E-state index in [1.165, 1.54) is 11.4 Å². The van der Waals surface area contributed by atoms with Crippen molar-refractivity contribution in [2.75, 3.05) is 0 Å². The summed E-state index contributed by atoms with van der Waals surface area (Å²) in [6.45, 7) is -3.61. The summed E-state index contributed by atoms with van der Waals surface area (Å²) in [5.41, 5.74) is 0.125. The molecule has 1 aromatic heterocycles. The molecule has 1 heterocycles. The lowest BCUT2D eigenvalue weighted by Gasteiger charge is -2.22. The molecule has 0 aliphatic rings. The number of nitrogens with zero attached hydrogens (tertiary/aromatic N) is 1. The molecule has 0 saturated carbocycles. The minimum Gasteiger partial charge on any atom is -0.417 e. The van der Waals surface area contributed by atoms with Gasteiger partial charge in [-0.05, 0) is 11.6 Å². The van der Waals surface area contributed by atoms with E-state index in [1.807, 2.05) is 5.32 Å². The highest BCUT2D eigenvalue weighted by Gasteiger charge is 2.47. The molecule has 1 atom stereocenters. The Morgan fingerprint density at radius 3 is 2.40 bits per heavy atom. The van der Waals surface area contributed by atoms with Crippen LogP contribution in [0.1, 0.15) is 14.8 Å². The van der Waals surface area contributed by atoms with E-state index in [9.17, 15) is 39.9 Å². The molecule has 0 fully saturated rings. The van der Waals surface area contributed by atoms with Crippen LogP contribution in [0.5, 0.6) is 5.88 Å². The molecule has 0 aliphatic carbocycles. The van der Waals surface area contributed by atoms with Crippen LogP contribution in [0.2, 0.25) is 0 Å². The number of hydrogen-bond acceptors (Lipinski definition) is 3. The lowest BCUT2D eigenvalue weighted by molar-refractivity contribution is -0.198. The molecule has 0 radical (unpaired) electrons. The average Bonchev–Trinajstić information content (AvgIpc) is 2.42. The van der Waals surface area contributed by atoms with Gasteiger partial charge < -0.3 is 15.4 Å². The Kier molecular flexibility index (Phi) is 6.76. The number of pyridine rings is 1. The summed E-state index contributed by atoms with van der Waals surface area (Å²) in [7, 11) is 0. The quantitative estimate of drug-likeness (QED) is 0.731. The number of ether oxygens (including phenoxy) is 1. The summed E-state index contributed by atoms with van der Waals surface area (Å²) >= 11 is 0. The fraction of sp³-hybridized carbons (Fsp3) is 0.500. The molecule has 0 unspecified atom stereocenters. The summed E-state index contributed by atoms with van der Waals surface area (Å²) in [6.07, 6.45) is -11.7. The molecular formula is C12H15F8N3O2. The number of halogens is 8. The first-order valence-corrected chi connectivity index (χ1v) is 6.44. The standard InChI is InChI=1S/C12H11F8N3O2.2H2/c13-9(14)25-8-3-6(1-2-21-8)5-22-10(24)23-7(12(18,19)20)4-11(15,16)17;;/h1-3,7,9H,4-5H2,(H2,22,23,24);2*1H/t7-;;/m1../s1. The minimum absolute atomic E-state index is 0. The van der Waals surface area contributed by atoms with Crippen LogP contribution in [0.15, 0.2) is 18.3 Å². The van der Waals surface area contributed by atoms with E-state index >= 15 is 0 Å². The summed E-state index contributed by atoms with van der Waals surface area (Å²) in [4.78, 5) is 14.8. The van der Waals surface area contributed by atoms with E-state index in [1.54, 1.807) is 0 Å². The number of amides is 2. The van der Waals surface area contributed by atoms with Crippen molar-refractivity contribution in [2.24, 2.45) is 0 Å². The molecule has 5 nitrogen and oxygen atoms in total. The van der Waals surface area contributed by atoms with Crippen LogP contribution < -0.4 is 15.4 Å². The minimum atomic E-state index is -5.30. The van der Waals surface area contributed by atoms with Crippen molar-refractivity contribution in [3.05, 3.63) is 23.9 Å². The zero-order chi connectivity index (χ0) is 19.3. The van der Waals surface area contributed by atoms with Crippen molar-refractivity contribution in [2.45, 2.75) is 38.0 Å². The zero-order valence-corrected chi connectivity index (χ0v) is 12.1. The van der Waals surface area contributed by atoms with Crippen molar-refractivity contribution in [3.8, 4) is 5.88 Å². The number of urea groups is 1. The predicted molar refractivity (Wildman–Crippen MR) is 71.0 cm³/mol. The first kappa shape index (κ1) is 20.7. The maximum atomic E-state index is 12.5. The Morgan fingerprint density at radius 2 is 1.88 bits per heavy atom. The number of alkyl halides is 8. The SMILES string of the molecule is O=C(NCc1ccnc(OC(F)F)c1)N[C@H](CC(F)(F)F)C(F)(F)F.[HH].[HH]. The van der Waals surface area contributed by atoms with Crippen molar-refractivity contribution in [1.29, 1.82) is 0 Å². The van der Waals surface area contributed by atoms with Crippen molar-refractivity contribution < 1.29 is 47.5 Å². The van der Waals surface area contributed by atoms with Crippen molar-refractivity contribution in [3.63, 3.8) is 0 Å². The number of rotatable bonds is 6. The second kappa shape index (κ2) is 8.16. The molecule has 0 saturated heterocycles. The van der Waals surface area contributed by atoms with Gasteiger partial charge in [-0.1, -0.05) is 0 Å². The van der Waals surface area contributed by atoms with E-state index in [0.717, 1.165) is 12.3 Å². The third-order valence-electron chi connectivity index (χ3n) is 2.60. The summed E-state index contributed by atoms with van der Waals surface area (Å²) in [5, 5.41) is 3.05. The van der Waals surface area contributed by atoms with Crippen LogP contribution in [0.25, 0.3) is 0 Å². The summed E-state index contributed by atoms with van der Waals surface area (Å²) in [5.74, 6) is -0.500. The second-order valence-corrected chi connectivity index (χ2v) is 4.62. The molecule has 2 amide bonds. The van der Waals surface area contributed by atoms with Gasteiger partial charge in [0.15, 0.2) is 0 Å². The van der Waals surface area contributed by atoms with Gasteiger partial charge in [-0.3, -0.25) is 0 Å². The molecule has 13 heteroatoms. The molecule has 146 valence electrons. The first-order valence-electron chi connectivity index (χ1n) is 6.44. The molecule has 25 heavy (non-hydrogen) atoms. The Morgan fingerprint density at radius 1 is 1.24 bits per heavy atom. The lowest BCUT2D eigenvalue weighted by Crippen LogP contribution is -2.51. The molecule has 2 N–H and O–H groups in total. The number of aromatic nitrogens is 1. The van der Waals surface area contributed by atoms with Gasteiger partial charge in [-0.25, -0.2) is 9.78 Å². The normalized spacial score (nSPS) is 13.5. The molecule has 0 aliphatic heterocycles. The molecule has 0 spiro atoms. The van der Waals surface area contributed by atoms with E-state index in [-0.39, 0.29) is 8.42 Å². The van der Waals surface area contributed by atoms with Gasteiger partial charge in [0.25, 0.3) is 0 Å². The second-order valence-electron chi connectivity index (χ2n) is 4.62. The Balaban J connectivity index is 0. The smallest absolute Gasteiger partial charge is 0.409 e. The van der Waals surface area contributed by atoms with Crippen LogP contribution in [0, 0.1) is 0 Å². The number of hydrogen-bond donors (Lipinski definition) is 2. The molecule has 1 aromatic rings. The summed E-state index contributed by atoms with van der Waals surface area (Å²) < 4.78 is 102. The van der Waals surface area contributed by atoms with Gasteiger partial charge in [0.1, 0.15) is 6.04 Å². The largest absolute Gasteiger partial charge is 0.417 e. The van der Waals surface area contributed by atoms with Crippen molar-refractivity contribution >= 4 is 6.03 Å². The molecule has 1 rings (SSSR count). The topological polar surface area (TPSA) is 63.2 Å². The summed E-state index contributed by atoms with van der Waals surface area (Å²) in [6, 6.07) is -2.43. The highest BCUT2D eigenvalue weighted by Crippen LogP contribution is 2.30. The Labute approximate surface area is 138 Å². The highest BCUT2D eigenvalue weighted by atomic mass is 19.4. The van der Waals surface area contributed by atoms with Gasteiger partial charge in [0, 0.05) is 21.7 Å². The van der Waals surface area contributed by atoms with E-state index < -0.39 is 49.9 Å². The van der Waals surface area contributed by atoms with E-state index in [4.69, 9.17) is 0 Å². The Hall–Kier alpha value is -2.34. The van der Waals surface area contributed by atoms with E-state index in [0.29, 0.717) is 0 Å². The van der Waals surface area contributed by atoms with Gasteiger partial charge >= 0.3 is 25.0 Å². The van der Waals surface area contributed by atoms with Crippen LogP contribution in [-0.2, 0) is 6.54 Å². The maximum Gasteiger partial charge on any atom is 0.409 e. The van der Waals surface area contributed by atoms with Crippen LogP contribution in [0.3, 0.4) is 0 Å². The monoisotopic (exact) mass is 385 g/mol. The van der Waals surface area contributed by atoms with Gasteiger partial charge in [0.2, 0.25) is 5.88 Å². The number of carbonyl (C=O) groups is 1. The van der Waals surface area contributed by atoms with Gasteiger partial charge in [-0.15, -0.1) is 0 Å².